The number of sulfonamides is 1. The van der Waals surface area contributed by atoms with Crippen molar-refractivity contribution >= 4 is 16.0 Å². The van der Waals surface area contributed by atoms with Gasteiger partial charge in [0.1, 0.15) is 11.9 Å². The first-order chi connectivity index (χ1) is 12.8. The van der Waals surface area contributed by atoms with E-state index in [9.17, 15) is 13.2 Å². The molecule has 0 aliphatic carbocycles. The lowest BCUT2D eigenvalue weighted by atomic mass is 10.1. The molecule has 1 heterocycles. The highest BCUT2D eigenvalue weighted by Crippen LogP contribution is 2.13. The van der Waals surface area contributed by atoms with Crippen LogP contribution in [0.5, 0.6) is 0 Å². The number of aryl methyl sites for hydroxylation is 2. The van der Waals surface area contributed by atoms with Crippen LogP contribution in [0, 0.1) is 12.8 Å². The van der Waals surface area contributed by atoms with Gasteiger partial charge in [-0.1, -0.05) is 31.5 Å². The smallest absolute Gasteiger partial charge is 0.306 e. The second-order valence-electron chi connectivity index (χ2n) is 6.99. The van der Waals surface area contributed by atoms with Crippen molar-refractivity contribution in [1.82, 2.24) is 4.72 Å². The number of furan rings is 1. The molecule has 1 aromatic carbocycles. The quantitative estimate of drug-likeness (QED) is 0.625. The zero-order valence-electron chi connectivity index (χ0n) is 16.0. The van der Waals surface area contributed by atoms with Gasteiger partial charge in [0.15, 0.2) is 0 Å². The van der Waals surface area contributed by atoms with E-state index in [4.69, 9.17) is 9.15 Å². The van der Waals surface area contributed by atoms with Crippen molar-refractivity contribution in [2.24, 2.45) is 5.92 Å². The Morgan fingerprint density at radius 2 is 1.89 bits per heavy atom. The van der Waals surface area contributed by atoms with Crippen LogP contribution in [0.15, 0.2) is 52.0 Å². The van der Waals surface area contributed by atoms with E-state index in [-0.39, 0.29) is 23.3 Å². The molecule has 1 aromatic heterocycles. The molecule has 148 valence electrons. The minimum atomic E-state index is -3.67. The summed E-state index contributed by atoms with van der Waals surface area (Å²) in [4.78, 5) is 12.2. The summed E-state index contributed by atoms with van der Waals surface area (Å²) in [5.41, 5.74) is 0.980. The number of nitrogens with one attached hydrogen (secondary N) is 1. The topological polar surface area (TPSA) is 85.6 Å². The monoisotopic (exact) mass is 393 g/mol. The van der Waals surface area contributed by atoms with Crippen LogP contribution >= 0.6 is 0 Å². The van der Waals surface area contributed by atoms with Crippen molar-refractivity contribution in [3.8, 4) is 0 Å². The summed E-state index contributed by atoms with van der Waals surface area (Å²) in [6.07, 6.45) is 2.32. The number of carbonyl (C=O) groups is 1. The fourth-order valence-corrected chi connectivity index (χ4v) is 3.60. The first-order valence-corrected chi connectivity index (χ1v) is 10.5. The molecular weight excluding hydrogens is 366 g/mol. The van der Waals surface area contributed by atoms with Gasteiger partial charge in [0.25, 0.3) is 0 Å². The first kappa shape index (κ1) is 21.2. The Morgan fingerprint density at radius 3 is 2.48 bits per heavy atom. The van der Waals surface area contributed by atoms with Gasteiger partial charge in [-0.15, -0.1) is 0 Å². The van der Waals surface area contributed by atoms with Crippen LogP contribution in [0.3, 0.4) is 0 Å². The maximum atomic E-state index is 12.5. The fourth-order valence-electron chi connectivity index (χ4n) is 2.53. The SMILES string of the molecule is Cc1ccc(S(=O)(=O)NCC(CCc2ccco2)OC(=O)CC(C)C)cc1. The molecule has 0 amide bonds. The van der Waals surface area contributed by atoms with Gasteiger partial charge in [-0.05, 0) is 43.5 Å². The van der Waals surface area contributed by atoms with Gasteiger partial charge in [-0.3, -0.25) is 4.79 Å². The normalized spacial score (nSPS) is 12.9. The summed E-state index contributed by atoms with van der Waals surface area (Å²) < 4.78 is 38.3. The van der Waals surface area contributed by atoms with E-state index >= 15 is 0 Å². The predicted octanol–water partition coefficient (Wildman–Crippen LogP) is 3.46. The van der Waals surface area contributed by atoms with E-state index in [0.29, 0.717) is 19.3 Å². The van der Waals surface area contributed by atoms with Crippen LogP contribution < -0.4 is 4.72 Å². The molecular formula is C20H27NO5S. The van der Waals surface area contributed by atoms with Crippen LogP contribution in [0.4, 0.5) is 0 Å². The summed E-state index contributed by atoms with van der Waals surface area (Å²) in [6, 6.07) is 10.2. The highest BCUT2D eigenvalue weighted by atomic mass is 32.2. The fraction of sp³-hybridized carbons (Fsp3) is 0.450. The summed E-state index contributed by atoms with van der Waals surface area (Å²) >= 11 is 0. The molecule has 7 heteroatoms. The van der Waals surface area contributed by atoms with Crippen LogP contribution in [0.25, 0.3) is 0 Å². The summed E-state index contributed by atoms with van der Waals surface area (Å²) in [7, 11) is -3.67. The molecule has 2 aromatic rings. The van der Waals surface area contributed by atoms with Gasteiger partial charge >= 0.3 is 5.97 Å². The van der Waals surface area contributed by atoms with E-state index in [1.165, 1.54) is 0 Å². The molecule has 0 spiro atoms. The summed E-state index contributed by atoms with van der Waals surface area (Å²) in [5, 5.41) is 0. The molecule has 1 atom stereocenters. The lowest BCUT2D eigenvalue weighted by molar-refractivity contribution is -0.149. The number of esters is 1. The largest absolute Gasteiger partial charge is 0.469 e. The maximum Gasteiger partial charge on any atom is 0.306 e. The Labute approximate surface area is 161 Å². The van der Waals surface area contributed by atoms with Crippen molar-refractivity contribution in [3.63, 3.8) is 0 Å². The van der Waals surface area contributed by atoms with Crippen molar-refractivity contribution in [2.45, 2.75) is 51.0 Å². The summed E-state index contributed by atoms with van der Waals surface area (Å²) in [5.74, 6) is 0.609. The third kappa shape index (κ3) is 7.19. The van der Waals surface area contributed by atoms with E-state index in [0.717, 1.165) is 11.3 Å². The van der Waals surface area contributed by atoms with Crippen LogP contribution in [-0.2, 0) is 26.0 Å². The minimum absolute atomic E-state index is 0.0146. The lowest BCUT2D eigenvalue weighted by Gasteiger charge is -2.19. The van der Waals surface area contributed by atoms with E-state index in [1.54, 1.807) is 36.6 Å². The van der Waals surface area contributed by atoms with Gasteiger partial charge in [0, 0.05) is 19.4 Å². The first-order valence-electron chi connectivity index (χ1n) is 9.04. The highest BCUT2D eigenvalue weighted by Gasteiger charge is 2.20. The molecule has 2 rings (SSSR count). The third-order valence-electron chi connectivity index (χ3n) is 4.00. The minimum Gasteiger partial charge on any atom is -0.469 e. The Bertz CT molecular complexity index is 811. The van der Waals surface area contributed by atoms with Crippen LogP contribution in [0.2, 0.25) is 0 Å². The molecule has 0 saturated carbocycles. The Morgan fingerprint density at radius 1 is 1.19 bits per heavy atom. The zero-order valence-corrected chi connectivity index (χ0v) is 16.8. The predicted molar refractivity (Wildman–Crippen MR) is 103 cm³/mol. The van der Waals surface area contributed by atoms with Gasteiger partial charge in [0.05, 0.1) is 11.2 Å². The van der Waals surface area contributed by atoms with E-state index in [1.807, 2.05) is 26.8 Å². The molecule has 0 saturated heterocycles. The number of hydrogen-bond acceptors (Lipinski definition) is 5. The maximum absolute atomic E-state index is 12.5. The summed E-state index contributed by atoms with van der Waals surface area (Å²) in [6.45, 7) is 5.77. The van der Waals surface area contributed by atoms with E-state index in [2.05, 4.69) is 4.72 Å². The van der Waals surface area contributed by atoms with Gasteiger partial charge < -0.3 is 9.15 Å². The molecule has 1 unspecified atom stereocenters. The molecule has 6 nitrogen and oxygen atoms in total. The lowest BCUT2D eigenvalue weighted by Crippen LogP contribution is -2.35. The standard InChI is InChI=1S/C20H27NO5S/c1-15(2)13-20(22)26-18(9-8-17-5-4-12-25-17)14-21-27(23,24)19-10-6-16(3)7-11-19/h4-7,10-12,15,18,21H,8-9,13-14H2,1-3H3. The second kappa shape index (κ2) is 9.71. The highest BCUT2D eigenvalue weighted by molar-refractivity contribution is 7.89. The molecule has 0 bridgehead atoms. The van der Waals surface area contributed by atoms with Gasteiger partial charge in [0.2, 0.25) is 10.0 Å². The average molecular weight is 394 g/mol. The molecule has 0 aliphatic rings. The third-order valence-corrected chi connectivity index (χ3v) is 5.44. The Kier molecular flexibility index (Phi) is 7.62. The Balaban J connectivity index is 2.00. The van der Waals surface area contributed by atoms with Crippen molar-refractivity contribution in [1.29, 1.82) is 0 Å². The number of carbonyl (C=O) groups excluding carboxylic acids is 1. The van der Waals surface area contributed by atoms with Crippen molar-refractivity contribution in [2.75, 3.05) is 6.54 Å². The average Bonchev–Trinajstić information content (AvgIpc) is 3.10. The molecule has 27 heavy (non-hydrogen) atoms. The number of rotatable bonds is 10. The van der Waals surface area contributed by atoms with Crippen molar-refractivity contribution in [3.05, 3.63) is 54.0 Å². The van der Waals surface area contributed by atoms with Gasteiger partial charge in [-0.2, -0.15) is 0 Å². The molecule has 0 radical (unpaired) electrons. The van der Waals surface area contributed by atoms with Crippen LogP contribution in [0.1, 0.15) is 38.0 Å². The van der Waals surface area contributed by atoms with Gasteiger partial charge in [-0.25, -0.2) is 13.1 Å². The van der Waals surface area contributed by atoms with E-state index < -0.39 is 16.1 Å². The molecule has 1 N–H and O–H groups in total. The van der Waals surface area contributed by atoms with Crippen LogP contribution in [-0.4, -0.2) is 27.0 Å². The molecule has 0 aliphatic heterocycles. The number of ether oxygens (including phenoxy) is 1. The van der Waals surface area contributed by atoms with Crippen molar-refractivity contribution < 1.29 is 22.4 Å². The Hall–Kier alpha value is -2.12. The number of benzene rings is 1. The second-order valence-corrected chi connectivity index (χ2v) is 8.76. The number of hydrogen-bond donors (Lipinski definition) is 1. The molecule has 0 fully saturated rings. The zero-order chi connectivity index (χ0) is 19.9.